The fraction of sp³-hybridized carbons (Fsp3) is 0.710. The summed E-state index contributed by atoms with van der Waals surface area (Å²) in [4.78, 5) is 39.2. The van der Waals surface area contributed by atoms with Crippen LogP contribution in [0.1, 0.15) is 89.5 Å². The molecular weight excluding hydrogens is 510 g/mol. The summed E-state index contributed by atoms with van der Waals surface area (Å²) in [5.74, 6) is -0.406. The van der Waals surface area contributed by atoms with Crippen molar-refractivity contribution < 1.29 is 29.3 Å². The molecule has 0 saturated carbocycles. The molecule has 0 aromatic carbocycles. The lowest BCUT2D eigenvalue weighted by Crippen LogP contribution is -2.58. The van der Waals surface area contributed by atoms with Crippen LogP contribution in [0.4, 0.5) is 0 Å². The van der Waals surface area contributed by atoms with Crippen LogP contribution in [0.3, 0.4) is 0 Å². The standard InChI is InChI=1S/C17H33N3O3.C8H12.C5H12O.CH4O2/c1-9-10-20(12(2)3)16(23)14(17(5,6)7)18-15(22)13(4)19(8)11-21;1-3-5-7-8-6-4-2;1-5(2,3)6-4;2-1-3/h11-14H,9-10H2,1-8H3,(H,18,22);3-8H,1-2H3;1-4H3;2-3H,1H2/b;5-3-,6-4+,8-7-;;/t13-,14?;;;/m0.../s1. The number of rotatable bonds is 10. The van der Waals surface area contributed by atoms with E-state index in [0.717, 1.165) is 6.42 Å². The van der Waals surface area contributed by atoms with Gasteiger partial charge in [0.15, 0.2) is 0 Å². The maximum Gasteiger partial charge on any atom is 0.245 e. The second kappa shape index (κ2) is 25.5. The number of carbonyl (C=O) groups is 3. The van der Waals surface area contributed by atoms with Gasteiger partial charge < -0.3 is 30.1 Å². The van der Waals surface area contributed by atoms with Crippen molar-refractivity contribution in [2.24, 2.45) is 5.41 Å². The van der Waals surface area contributed by atoms with Gasteiger partial charge in [-0.25, -0.2) is 0 Å². The van der Waals surface area contributed by atoms with E-state index in [9.17, 15) is 14.4 Å². The highest BCUT2D eigenvalue weighted by Crippen LogP contribution is 2.22. The molecule has 0 rings (SSSR count). The van der Waals surface area contributed by atoms with Gasteiger partial charge in [0.05, 0.1) is 5.60 Å². The van der Waals surface area contributed by atoms with Gasteiger partial charge in [-0.1, -0.05) is 64.2 Å². The lowest BCUT2D eigenvalue weighted by molar-refractivity contribution is -0.142. The molecule has 9 nitrogen and oxygen atoms in total. The molecule has 0 aromatic heterocycles. The molecule has 0 aliphatic rings. The third kappa shape index (κ3) is 25.8. The van der Waals surface area contributed by atoms with Gasteiger partial charge in [-0.2, -0.15) is 0 Å². The molecule has 236 valence electrons. The largest absolute Gasteiger partial charge is 0.379 e. The second-order valence-electron chi connectivity index (χ2n) is 11.3. The van der Waals surface area contributed by atoms with Gasteiger partial charge in [-0.3, -0.25) is 14.4 Å². The molecule has 0 heterocycles. The van der Waals surface area contributed by atoms with Gasteiger partial charge in [0.2, 0.25) is 18.2 Å². The SMILES string of the molecule is CCCN(C(=O)C(NC(=O)[C@H](C)N(C)C=O)C(C)(C)C)C(C)C.COC(C)(C)C.C\C=C/C=C\C=C\C.OCO. The molecule has 3 amide bonds. The number of allylic oxidation sites excluding steroid dienone is 6. The van der Waals surface area contributed by atoms with Gasteiger partial charge in [0, 0.05) is 26.7 Å². The highest BCUT2D eigenvalue weighted by atomic mass is 16.5. The maximum absolute atomic E-state index is 12.9. The predicted molar refractivity (Wildman–Crippen MR) is 167 cm³/mol. The number of nitrogens with one attached hydrogen (secondary N) is 1. The number of nitrogens with zero attached hydrogens (tertiary/aromatic N) is 2. The van der Waals surface area contributed by atoms with E-state index in [2.05, 4.69) is 5.32 Å². The summed E-state index contributed by atoms with van der Waals surface area (Å²) < 4.78 is 4.94. The first-order valence-electron chi connectivity index (χ1n) is 13.8. The van der Waals surface area contributed by atoms with Crippen molar-refractivity contribution in [3.8, 4) is 0 Å². The first-order valence-corrected chi connectivity index (χ1v) is 13.8. The van der Waals surface area contributed by atoms with Crippen LogP contribution in [-0.2, 0) is 19.1 Å². The molecule has 0 aliphatic heterocycles. The van der Waals surface area contributed by atoms with Crippen molar-refractivity contribution >= 4 is 18.2 Å². The molecule has 3 N–H and O–H groups in total. The number of aliphatic hydroxyl groups is 2. The summed E-state index contributed by atoms with van der Waals surface area (Å²) in [6.07, 6.45) is 13.5. The van der Waals surface area contributed by atoms with Gasteiger partial charge in [0.1, 0.15) is 18.9 Å². The third-order valence-corrected chi connectivity index (χ3v) is 5.26. The Hall–Kier alpha value is -2.49. The molecule has 0 bridgehead atoms. The highest BCUT2D eigenvalue weighted by Gasteiger charge is 2.37. The number of amides is 3. The average Bonchev–Trinajstić information content (AvgIpc) is 2.86. The molecule has 0 spiro atoms. The zero-order chi connectivity index (χ0) is 32.5. The third-order valence-electron chi connectivity index (χ3n) is 5.26. The number of methoxy groups -OCH3 is 1. The van der Waals surface area contributed by atoms with E-state index in [1.54, 1.807) is 26.0 Å². The molecule has 0 radical (unpaired) electrons. The van der Waals surface area contributed by atoms with E-state index in [1.165, 1.54) is 4.90 Å². The van der Waals surface area contributed by atoms with Gasteiger partial charge >= 0.3 is 0 Å². The van der Waals surface area contributed by atoms with E-state index in [4.69, 9.17) is 14.9 Å². The zero-order valence-electron chi connectivity index (χ0n) is 27.8. The van der Waals surface area contributed by atoms with Gasteiger partial charge in [0.25, 0.3) is 0 Å². The van der Waals surface area contributed by atoms with Crippen molar-refractivity contribution in [1.82, 2.24) is 15.1 Å². The Morgan fingerprint density at radius 1 is 0.925 bits per heavy atom. The average molecular weight is 572 g/mol. The number of hydrogen-bond donors (Lipinski definition) is 3. The van der Waals surface area contributed by atoms with E-state index in [-0.39, 0.29) is 23.5 Å². The normalized spacial score (nSPS) is 12.9. The van der Waals surface area contributed by atoms with Crippen LogP contribution in [0.25, 0.3) is 0 Å². The summed E-state index contributed by atoms with van der Waals surface area (Å²) in [7, 11) is 3.25. The Morgan fingerprint density at radius 2 is 1.32 bits per heavy atom. The van der Waals surface area contributed by atoms with Crippen molar-refractivity contribution in [3.63, 3.8) is 0 Å². The van der Waals surface area contributed by atoms with Crippen LogP contribution in [0.2, 0.25) is 0 Å². The number of hydrogen-bond acceptors (Lipinski definition) is 6. The van der Waals surface area contributed by atoms with Crippen molar-refractivity contribution in [2.75, 3.05) is 27.5 Å². The molecule has 0 aromatic rings. The molecule has 9 heteroatoms. The van der Waals surface area contributed by atoms with E-state index in [1.807, 2.05) is 113 Å². The Bertz CT molecular complexity index is 720. The molecule has 2 atom stereocenters. The van der Waals surface area contributed by atoms with Gasteiger partial charge in [-0.15, -0.1) is 0 Å². The van der Waals surface area contributed by atoms with Crippen LogP contribution in [0.5, 0.6) is 0 Å². The zero-order valence-corrected chi connectivity index (χ0v) is 27.8. The topological polar surface area (TPSA) is 119 Å². The smallest absolute Gasteiger partial charge is 0.245 e. The first kappa shape index (κ1) is 44.5. The second-order valence-corrected chi connectivity index (χ2v) is 11.3. The Morgan fingerprint density at radius 3 is 1.57 bits per heavy atom. The lowest BCUT2D eigenvalue weighted by Gasteiger charge is -2.37. The summed E-state index contributed by atoms with van der Waals surface area (Å²) in [5.41, 5.74) is -0.382. The number of likely N-dealkylation sites (N-methyl/N-ethyl adjacent to an activating group) is 1. The maximum atomic E-state index is 12.9. The molecule has 40 heavy (non-hydrogen) atoms. The van der Waals surface area contributed by atoms with Crippen LogP contribution in [0.15, 0.2) is 36.5 Å². The number of carbonyl (C=O) groups excluding carboxylic acids is 3. The molecule has 1 unspecified atom stereocenters. The lowest BCUT2D eigenvalue weighted by atomic mass is 9.85. The minimum atomic E-state index is -0.750. The predicted octanol–water partition coefficient (Wildman–Crippen LogP) is 4.70. The quantitative estimate of drug-likeness (QED) is 0.199. The minimum Gasteiger partial charge on any atom is -0.379 e. The van der Waals surface area contributed by atoms with Crippen molar-refractivity contribution in [2.45, 2.75) is 113 Å². The first-order chi connectivity index (χ1) is 18.4. The Labute approximate surface area is 245 Å². The Kier molecular flexibility index (Phi) is 28.4. The minimum absolute atomic E-state index is 0.0417. The summed E-state index contributed by atoms with van der Waals surface area (Å²) >= 11 is 0. The van der Waals surface area contributed by atoms with Crippen LogP contribution < -0.4 is 5.32 Å². The van der Waals surface area contributed by atoms with Crippen molar-refractivity contribution in [1.29, 1.82) is 0 Å². The van der Waals surface area contributed by atoms with Gasteiger partial charge in [-0.05, 0) is 67.2 Å². The Balaban J connectivity index is -0.000000309. The van der Waals surface area contributed by atoms with Crippen LogP contribution in [0, 0.1) is 5.41 Å². The fourth-order valence-electron chi connectivity index (χ4n) is 2.57. The molecule has 0 aliphatic carbocycles. The van der Waals surface area contributed by atoms with E-state index < -0.39 is 24.3 Å². The molecule has 0 fully saturated rings. The monoisotopic (exact) mass is 571 g/mol. The summed E-state index contributed by atoms with van der Waals surface area (Å²) in [5, 5.41) is 17.1. The van der Waals surface area contributed by atoms with Crippen LogP contribution >= 0.6 is 0 Å². The highest BCUT2D eigenvalue weighted by molar-refractivity contribution is 5.91. The van der Waals surface area contributed by atoms with Crippen molar-refractivity contribution in [3.05, 3.63) is 36.5 Å². The fourth-order valence-corrected chi connectivity index (χ4v) is 2.57. The molecule has 0 saturated heterocycles. The summed E-state index contributed by atoms with van der Waals surface area (Å²) in [6, 6.07) is -1.19. The van der Waals surface area contributed by atoms with E-state index in [0.29, 0.717) is 13.0 Å². The van der Waals surface area contributed by atoms with Crippen LogP contribution in [-0.4, -0.2) is 89.5 Å². The molecular formula is C31H61N3O6. The summed E-state index contributed by atoms with van der Waals surface area (Å²) in [6.45, 7) is 23.3. The number of ether oxygens (including phenoxy) is 1. The number of aliphatic hydroxyl groups excluding tert-OH is 1. The van der Waals surface area contributed by atoms with E-state index >= 15 is 0 Å².